The van der Waals surface area contributed by atoms with E-state index in [2.05, 4.69) is 0 Å². The standard InChI is InChI=1S/C9H6N2OS/c10-4-5-3-7-6(1-2-13-7)9(12)8(5)11/h1-3,12H,11H2. The number of hydrogen-bond acceptors (Lipinski definition) is 4. The molecule has 0 radical (unpaired) electrons. The van der Waals surface area contributed by atoms with Crippen LogP contribution >= 0.6 is 11.3 Å². The molecule has 64 valence electrons. The Bertz CT molecular complexity index is 510. The van der Waals surface area contributed by atoms with Gasteiger partial charge >= 0.3 is 0 Å². The van der Waals surface area contributed by atoms with Gasteiger partial charge < -0.3 is 10.8 Å². The number of fused-ring (bicyclic) bond motifs is 1. The molecule has 0 fully saturated rings. The van der Waals surface area contributed by atoms with E-state index < -0.39 is 0 Å². The second-order valence-electron chi connectivity index (χ2n) is 2.63. The van der Waals surface area contributed by atoms with Gasteiger partial charge in [-0.05, 0) is 17.5 Å². The number of nitriles is 1. The van der Waals surface area contributed by atoms with Gasteiger partial charge in [0.2, 0.25) is 0 Å². The summed E-state index contributed by atoms with van der Waals surface area (Å²) >= 11 is 1.47. The Morgan fingerprint density at radius 2 is 2.31 bits per heavy atom. The number of rotatable bonds is 0. The van der Waals surface area contributed by atoms with Crippen molar-refractivity contribution in [2.45, 2.75) is 0 Å². The van der Waals surface area contributed by atoms with Crippen molar-refractivity contribution in [2.24, 2.45) is 0 Å². The van der Waals surface area contributed by atoms with Crippen molar-refractivity contribution in [3.63, 3.8) is 0 Å². The first-order valence-electron chi connectivity index (χ1n) is 3.63. The van der Waals surface area contributed by atoms with Gasteiger partial charge in [-0.2, -0.15) is 5.26 Å². The molecular formula is C9H6N2OS. The topological polar surface area (TPSA) is 70.0 Å². The predicted molar refractivity (Wildman–Crippen MR) is 52.6 cm³/mol. The molecule has 0 spiro atoms. The number of nitrogens with two attached hydrogens (primary N) is 1. The molecule has 0 bridgehead atoms. The Kier molecular flexibility index (Phi) is 1.61. The van der Waals surface area contributed by atoms with Gasteiger partial charge in [0, 0.05) is 10.1 Å². The Labute approximate surface area is 78.6 Å². The molecule has 1 aromatic heterocycles. The van der Waals surface area contributed by atoms with Crippen molar-refractivity contribution in [2.75, 3.05) is 5.73 Å². The highest BCUT2D eigenvalue weighted by atomic mass is 32.1. The third kappa shape index (κ3) is 1.02. The zero-order chi connectivity index (χ0) is 9.42. The molecule has 1 aromatic carbocycles. The van der Waals surface area contributed by atoms with E-state index in [1.807, 2.05) is 11.4 Å². The molecule has 0 unspecified atom stereocenters. The van der Waals surface area contributed by atoms with Crippen LogP contribution in [-0.4, -0.2) is 5.11 Å². The molecular weight excluding hydrogens is 184 g/mol. The third-order valence-corrected chi connectivity index (χ3v) is 2.76. The monoisotopic (exact) mass is 190 g/mol. The predicted octanol–water partition coefficient (Wildman–Crippen LogP) is 2.06. The first kappa shape index (κ1) is 7.90. The Morgan fingerprint density at radius 1 is 1.54 bits per heavy atom. The van der Waals surface area contributed by atoms with Gasteiger partial charge in [-0.25, -0.2) is 0 Å². The molecule has 0 aliphatic carbocycles. The molecule has 3 N–H and O–H groups in total. The highest BCUT2D eigenvalue weighted by Gasteiger charge is 2.09. The van der Waals surface area contributed by atoms with E-state index >= 15 is 0 Å². The van der Waals surface area contributed by atoms with Crippen molar-refractivity contribution in [3.05, 3.63) is 23.1 Å². The fourth-order valence-corrected chi connectivity index (χ4v) is 2.03. The van der Waals surface area contributed by atoms with Crippen molar-refractivity contribution in [1.29, 1.82) is 5.26 Å². The first-order chi connectivity index (χ1) is 6.24. The Morgan fingerprint density at radius 3 is 3.00 bits per heavy atom. The largest absolute Gasteiger partial charge is 0.505 e. The molecule has 13 heavy (non-hydrogen) atoms. The zero-order valence-electron chi connectivity index (χ0n) is 6.61. The second kappa shape index (κ2) is 2.64. The third-order valence-electron chi connectivity index (χ3n) is 1.89. The summed E-state index contributed by atoms with van der Waals surface area (Å²) in [5.41, 5.74) is 6.04. The fourth-order valence-electron chi connectivity index (χ4n) is 1.20. The van der Waals surface area contributed by atoms with E-state index in [0.29, 0.717) is 10.9 Å². The second-order valence-corrected chi connectivity index (χ2v) is 3.58. The maximum absolute atomic E-state index is 9.59. The molecule has 0 saturated carbocycles. The normalized spacial score (nSPS) is 10.1. The minimum Gasteiger partial charge on any atom is -0.505 e. The molecule has 3 nitrogen and oxygen atoms in total. The summed E-state index contributed by atoms with van der Waals surface area (Å²) in [4.78, 5) is 0. The lowest BCUT2D eigenvalue weighted by Crippen LogP contribution is -1.90. The van der Waals surface area contributed by atoms with E-state index in [0.717, 1.165) is 4.70 Å². The van der Waals surface area contributed by atoms with Gasteiger partial charge in [0.25, 0.3) is 0 Å². The summed E-state index contributed by atoms with van der Waals surface area (Å²) in [7, 11) is 0. The Balaban J connectivity index is 2.94. The average Bonchev–Trinajstić information content (AvgIpc) is 2.59. The summed E-state index contributed by atoms with van der Waals surface area (Å²) < 4.78 is 0.878. The van der Waals surface area contributed by atoms with E-state index in [9.17, 15) is 5.11 Å². The van der Waals surface area contributed by atoms with Crippen LogP contribution in [0.1, 0.15) is 5.56 Å². The Hall–Kier alpha value is -1.73. The van der Waals surface area contributed by atoms with Crippen LogP contribution in [-0.2, 0) is 0 Å². The zero-order valence-corrected chi connectivity index (χ0v) is 7.43. The van der Waals surface area contributed by atoms with Crippen LogP contribution in [0, 0.1) is 11.3 Å². The minimum atomic E-state index is 0.00954. The lowest BCUT2D eigenvalue weighted by atomic mass is 10.1. The van der Waals surface area contributed by atoms with Gasteiger partial charge in [0.05, 0.1) is 11.3 Å². The molecule has 0 saturated heterocycles. The molecule has 0 aliphatic heterocycles. The van der Waals surface area contributed by atoms with Crippen molar-refractivity contribution < 1.29 is 5.11 Å². The molecule has 0 atom stereocenters. The maximum atomic E-state index is 9.59. The number of nitrogen functional groups attached to an aromatic ring is 1. The molecule has 4 heteroatoms. The van der Waals surface area contributed by atoms with Crippen molar-refractivity contribution >= 4 is 27.1 Å². The smallest absolute Gasteiger partial charge is 0.148 e. The van der Waals surface area contributed by atoms with Crippen LogP contribution in [0.25, 0.3) is 10.1 Å². The SMILES string of the molecule is N#Cc1cc2sccc2c(O)c1N. The average molecular weight is 190 g/mol. The summed E-state index contributed by atoms with van der Waals surface area (Å²) in [6.07, 6.45) is 0. The molecule has 2 rings (SSSR count). The van der Waals surface area contributed by atoms with Crippen molar-refractivity contribution in [1.82, 2.24) is 0 Å². The summed E-state index contributed by atoms with van der Waals surface area (Å²) in [6, 6.07) is 5.41. The first-order valence-corrected chi connectivity index (χ1v) is 4.50. The van der Waals surface area contributed by atoms with E-state index in [1.165, 1.54) is 11.3 Å². The van der Waals surface area contributed by atoms with Crippen LogP contribution in [0.2, 0.25) is 0 Å². The van der Waals surface area contributed by atoms with Gasteiger partial charge in [0.15, 0.2) is 0 Å². The van der Waals surface area contributed by atoms with Crippen molar-refractivity contribution in [3.8, 4) is 11.8 Å². The number of nitrogens with zero attached hydrogens (tertiary/aromatic N) is 1. The molecule has 0 amide bonds. The lowest BCUT2D eigenvalue weighted by molar-refractivity contribution is 0.484. The van der Waals surface area contributed by atoms with Gasteiger partial charge in [-0.3, -0.25) is 0 Å². The van der Waals surface area contributed by atoms with Crippen LogP contribution in [0.5, 0.6) is 5.75 Å². The van der Waals surface area contributed by atoms with Gasteiger partial charge in [-0.15, -0.1) is 11.3 Å². The summed E-state index contributed by atoms with van der Waals surface area (Å²) in [5.74, 6) is 0.00954. The minimum absolute atomic E-state index is 0.00954. The highest BCUT2D eigenvalue weighted by Crippen LogP contribution is 2.36. The number of phenols is 1. The lowest BCUT2D eigenvalue weighted by Gasteiger charge is -2.01. The van der Waals surface area contributed by atoms with Gasteiger partial charge in [-0.1, -0.05) is 0 Å². The fraction of sp³-hybridized carbons (Fsp3) is 0. The van der Waals surface area contributed by atoms with Crippen LogP contribution < -0.4 is 5.73 Å². The van der Waals surface area contributed by atoms with E-state index in [-0.39, 0.29) is 11.4 Å². The number of anilines is 1. The molecule has 0 aliphatic rings. The van der Waals surface area contributed by atoms with Crippen LogP contribution in [0.15, 0.2) is 17.5 Å². The highest BCUT2D eigenvalue weighted by molar-refractivity contribution is 7.17. The maximum Gasteiger partial charge on any atom is 0.148 e. The quantitative estimate of drug-likeness (QED) is 0.493. The number of hydrogen-bond donors (Lipinski definition) is 2. The summed E-state index contributed by atoms with van der Waals surface area (Å²) in [6.45, 7) is 0. The van der Waals surface area contributed by atoms with Crippen LogP contribution in [0.3, 0.4) is 0 Å². The molecule has 2 aromatic rings. The van der Waals surface area contributed by atoms with E-state index in [1.54, 1.807) is 12.1 Å². The number of benzene rings is 1. The van der Waals surface area contributed by atoms with Crippen LogP contribution in [0.4, 0.5) is 5.69 Å². The summed E-state index contributed by atoms with van der Waals surface area (Å²) in [5, 5.41) is 20.9. The van der Waals surface area contributed by atoms with E-state index in [4.69, 9.17) is 11.0 Å². The van der Waals surface area contributed by atoms with Gasteiger partial charge in [0.1, 0.15) is 11.8 Å². The number of phenolic OH excluding ortho intramolecular Hbond substituents is 1. The molecule has 1 heterocycles. The number of aromatic hydroxyl groups is 1. The number of thiophene rings is 1.